The molecule has 0 bridgehead atoms. The summed E-state index contributed by atoms with van der Waals surface area (Å²) in [6, 6.07) is 18.7. The third-order valence-corrected chi connectivity index (χ3v) is 16.5. The number of fused-ring (bicyclic) bond motifs is 4. The Bertz CT molecular complexity index is 2920. The van der Waals surface area contributed by atoms with Crippen molar-refractivity contribution in [1.29, 1.82) is 0 Å². The molecule has 6 aromatic rings. The molecular weight excluding hydrogens is 975 g/mol. The summed E-state index contributed by atoms with van der Waals surface area (Å²) >= 11 is 3.42. The van der Waals surface area contributed by atoms with E-state index in [9.17, 15) is 9.59 Å². The van der Waals surface area contributed by atoms with Crippen molar-refractivity contribution in [3.8, 4) is 11.1 Å². The van der Waals surface area contributed by atoms with Crippen molar-refractivity contribution in [1.82, 2.24) is 29.7 Å². The van der Waals surface area contributed by atoms with Crippen LogP contribution in [0.3, 0.4) is 0 Å². The predicted molar refractivity (Wildman–Crippen MR) is 285 cm³/mol. The number of pyridine rings is 2. The number of carbonyl (C=O) groups excluding carboxylic acids is 2. The highest BCUT2D eigenvalue weighted by molar-refractivity contribution is 9.10. The minimum atomic E-state index is -0.369. The van der Waals surface area contributed by atoms with Gasteiger partial charge in [-0.15, -0.1) is 0 Å². The van der Waals surface area contributed by atoms with Crippen molar-refractivity contribution in [2.75, 3.05) is 72.8 Å². The van der Waals surface area contributed by atoms with Gasteiger partial charge in [-0.3, -0.25) is 9.59 Å². The number of anilines is 4. The number of halogens is 1. The molecule has 2 amide bonds. The zero-order valence-electron chi connectivity index (χ0n) is 42.1. The lowest BCUT2D eigenvalue weighted by Gasteiger charge is -2.39. The Morgan fingerprint density at radius 2 is 1.07 bits per heavy atom. The average Bonchev–Trinajstić information content (AvgIpc) is 4.22. The second kappa shape index (κ2) is 20.5. The second-order valence-corrected chi connectivity index (χ2v) is 22.4. The van der Waals surface area contributed by atoms with Crippen molar-refractivity contribution >= 4 is 86.2 Å². The van der Waals surface area contributed by atoms with Crippen molar-refractivity contribution < 1.29 is 27.7 Å². The molecule has 5 fully saturated rings. The van der Waals surface area contributed by atoms with E-state index in [1.54, 1.807) is 6.20 Å². The van der Waals surface area contributed by atoms with E-state index in [-0.39, 0.29) is 30.1 Å². The summed E-state index contributed by atoms with van der Waals surface area (Å²) in [5.41, 5.74) is 8.92. The van der Waals surface area contributed by atoms with Gasteiger partial charge in [-0.25, -0.2) is 9.97 Å². The average molecular weight is 1040 g/mol. The molecule has 2 aromatic carbocycles. The molecule has 72 heavy (non-hydrogen) atoms. The molecule has 0 saturated carbocycles. The summed E-state index contributed by atoms with van der Waals surface area (Å²) in [4.78, 5) is 50.9. The van der Waals surface area contributed by atoms with Crippen LogP contribution in [0.5, 0.6) is 0 Å². The molecular formula is C54H66BBrN10O6. The fourth-order valence-electron chi connectivity index (χ4n) is 11.2. The lowest BCUT2D eigenvalue weighted by Crippen LogP contribution is -2.46. The van der Waals surface area contributed by atoms with Crippen LogP contribution in [0.4, 0.5) is 23.4 Å². The standard InChI is InChI=1S/C24H27N5O2.C16H21BrN4O.C14H18BNO3/c30-22-14-17-12-16(4-5-20(17)26-22)18-13-21-23(25-15-18)27-24(31-21)29-10-6-19(7-11-29)28-8-2-1-3-9-28;17-12-10-14-15(18-11-12)19-16(22-14)21-8-4-13(5-9-21)20-6-2-1-3-7-20;1-13(2)14(3,4)19-15(18-13)10-5-6-11-9(7-10)8-12(17)16-11/h4-5,12-13,15,19H,1-3,6-11,14H2,(H,26,30);10-11,13H,1-9H2;5-7H,8H2,1-4H3,(H,16,17). The van der Waals surface area contributed by atoms with Crippen LogP contribution in [0.1, 0.15) is 103 Å². The lowest BCUT2D eigenvalue weighted by molar-refractivity contribution is -0.115. The number of oxazole rings is 2. The highest BCUT2D eigenvalue weighted by Crippen LogP contribution is 2.37. The van der Waals surface area contributed by atoms with Crippen molar-refractivity contribution in [2.24, 2.45) is 0 Å². The topological polar surface area (TPSA) is 167 Å². The highest BCUT2D eigenvalue weighted by atomic mass is 79.9. The molecule has 13 rings (SSSR count). The summed E-state index contributed by atoms with van der Waals surface area (Å²) in [7, 11) is -0.369. The minimum Gasteiger partial charge on any atom is -0.422 e. The molecule has 11 heterocycles. The molecule has 16 nitrogen and oxygen atoms in total. The van der Waals surface area contributed by atoms with E-state index in [0.29, 0.717) is 41.8 Å². The number of hydrogen-bond donors (Lipinski definition) is 2. The Balaban J connectivity index is 0.000000121. The fourth-order valence-corrected chi connectivity index (χ4v) is 11.5. The van der Waals surface area contributed by atoms with Crippen LogP contribution in [0, 0.1) is 0 Å². The SMILES string of the molecule is Brc1cnc2nc(N3CCC(N4CCCCC4)CC3)oc2c1.CC1(C)OB(c2ccc3c(c2)CC(=O)N3)OC1(C)C.O=C1Cc2cc(-c3cnc4nc(N5CCC(N6CCCCC6)CC5)oc4c3)ccc2N1. The van der Waals surface area contributed by atoms with Crippen molar-refractivity contribution in [2.45, 2.75) is 128 Å². The normalized spacial score (nSPS) is 21.5. The number of hydrogen-bond acceptors (Lipinski definition) is 14. The van der Waals surface area contributed by atoms with Crippen molar-refractivity contribution in [3.63, 3.8) is 0 Å². The third-order valence-electron chi connectivity index (χ3n) is 16.1. The zero-order chi connectivity index (χ0) is 49.6. The maximum atomic E-state index is 11.6. The Morgan fingerprint density at radius 3 is 1.61 bits per heavy atom. The predicted octanol–water partition coefficient (Wildman–Crippen LogP) is 8.76. The molecule has 2 N–H and O–H groups in total. The van der Waals surface area contributed by atoms with Gasteiger partial charge in [-0.1, -0.05) is 31.0 Å². The number of amides is 2. The van der Waals surface area contributed by atoms with Crippen LogP contribution in [-0.2, 0) is 31.7 Å². The number of likely N-dealkylation sites (tertiary alicyclic amines) is 2. The van der Waals surface area contributed by atoms with Crippen LogP contribution in [0.25, 0.3) is 33.6 Å². The molecule has 378 valence electrons. The largest absolute Gasteiger partial charge is 0.494 e. The Hall–Kier alpha value is -5.40. The van der Waals surface area contributed by atoms with E-state index in [2.05, 4.69) is 72.2 Å². The first-order valence-electron chi connectivity index (χ1n) is 26.2. The summed E-state index contributed by atoms with van der Waals surface area (Å²) in [5.74, 6) is 0.0886. The van der Waals surface area contributed by atoms with Gasteiger partial charge in [0.2, 0.25) is 23.1 Å². The van der Waals surface area contributed by atoms with Gasteiger partial charge in [-0.05, 0) is 168 Å². The van der Waals surface area contributed by atoms with E-state index in [4.69, 9.17) is 18.1 Å². The van der Waals surface area contributed by atoms with Gasteiger partial charge in [-0.2, -0.15) is 9.97 Å². The number of aromatic nitrogens is 4. The zero-order valence-corrected chi connectivity index (χ0v) is 43.6. The number of nitrogens with one attached hydrogen (secondary N) is 2. The van der Waals surface area contributed by atoms with Crippen LogP contribution >= 0.6 is 15.9 Å². The van der Waals surface area contributed by atoms with Crippen LogP contribution < -0.4 is 25.9 Å². The van der Waals surface area contributed by atoms with Crippen molar-refractivity contribution in [3.05, 3.63) is 76.5 Å². The highest BCUT2D eigenvalue weighted by Gasteiger charge is 2.52. The number of piperidine rings is 4. The number of rotatable bonds is 6. The quantitative estimate of drug-likeness (QED) is 0.152. The molecule has 18 heteroatoms. The first kappa shape index (κ1) is 48.9. The van der Waals surface area contributed by atoms with Crippen LogP contribution in [0.15, 0.2) is 74.2 Å². The van der Waals surface area contributed by atoms with E-state index >= 15 is 0 Å². The monoisotopic (exact) mass is 1040 g/mol. The van der Waals surface area contributed by atoms with E-state index in [1.807, 2.05) is 76.4 Å². The minimum absolute atomic E-state index is 0.0427. The lowest BCUT2D eigenvalue weighted by atomic mass is 9.78. The third kappa shape index (κ3) is 10.5. The molecule has 0 atom stereocenters. The molecule has 0 radical (unpaired) electrons. The fraction of sp³-hybridized carbons (Fsp3) is 0.519. The Morgan fingerprint density at radius 1 is 0.583 bits per heavy atom. The van der Waals surface area contributed by atoms with Gasteiger partial charge >= 0.3 is 7.12 Å². The summed E-state index contributed by atoms with van der Waals surface area (Å²) in [6.45, 7) is 17.2. The van der Waals surface area contributed by atoms with Gasteiger partial charge in [0, 0.05) is 78.1 Å². The van der Waals surface area contributed by atoms with Gasteiger partial charge in [0.1, 0.15) is 0 Å². The maximum absolute atomic E-state index is 11.6. The Kier molecular flexibility index (Phi) is 13.9. The Labute approximate surface area is 430 Å². The second-order valence-electron chi connectivity index (χ2n) is 21.5. The van der Waals surface area contributed by atoms with Gasteiger partial charge in [0.25, 0.3) is 12.0 Å². The summed E-state index contributed by atoms with van der Waals surface area (Å²) in [5, 5.41) is 5.70. The number of carbonyl (C=O) groups is 2. The van der Waals surface area contributed by atoms with Gasteiger partial charge in [0.15, 0.2) is 11.2 Å². The molecule has 5 saturated heterocycles. The van der Waals surface area contributed by atoms with Gasteiger partial charge in [0.05, 0.1) is 24.0 Å². The first-order valence-corrected chi connectivity index (χ1v) is 27.0. The van der Waals surface area contributed by atoms with Gasteiger partial charge < -0.3 is 48.4 Å². The van der Waals surface area contributed by atoms with Crippen LogP contribution in [0.2, 0.25) is 0 Å². The molecule has 7 aliphatic heterocycles. The van der Waals surface area contributed by atoms with E-state index in [1.165, 1.54) is 90.4 Å². The number of nitrogens with zero attached hydrogens (tertiary/aromatic N) is 8. The van der Waals surface area contributed by atoms with Crippen LogP contribution in [-0.4, -0.2) is 124 Å². The molecule has 0 aliphatic carbocycles. The molecule has 7 aliphatic rings. The first-order chi connectivity index (χ1) is 34.8. The number of benzene rings is 2. The summed E-state index contributed by atoms with van der Waals surface area (Å²) in [6.07, 6.45) is 17.4. The molecule has 0 unspecified atom stereocenters. The van der Waals surface area contributed by atoms with E-state index in [0.717, 1.165) is 87.4 Å². The summed E-state index contributed by atoms with van der Waals surface area (Å²) < 4.78 is 25.0. The molecule has 4 aromatic heterocycles. The molecule has 0 spiro atoms. The smallest absolute Gasteiger partial charge is 0.422 e. The van der Waals surface area contributed by atoms with E-state index < -0.39 is 0 Å². The maximum Gasteiger partial charge on any atom is 0.494 e.